The number of aliphatic imine (C=N–C) groups is 1. The van der Waals surface area contributed by atoms with Gasteiger partial charge in [-0.3, -0.25) is 24.1 Å². The lowest BCUT2D eigenvalue weighted by Gasteiger charge is -2.06. The van der Waals surface area contributed by atoms with E-state index >= 15 is 0 Å². The summed E-state index contributed by atoms with van der Waals surface area (Å²) in [6.45, 7) is 2.09. The molecule has 2 aromatic heterocycles. The third kappa shape index (κ3) is 3.50. The molecule has 4 nitrogen and oxygen atoms in total. The van der Waals surface area contributed by atoms with Crippen molar-refractivity contribution in [1.29, 1.82) is 0 Å². The van der Waals surface area contributed by atoms with E-state index in [0.29, 0.717) is 13.0 Å². The van der Waals surface area contributed by atoms with E-state index in [4.69, 9.17) is 0 Å². The maximum absolute atomic E-state index is 12.1. The average molecular weight is 311 g/mol. The summed E-state index contributed by atoms with van der Waals surface area (Å²) in [5, 5.41) is 0. The fourth-order valence-electron chi connectivity index (χ4n) is 2.73. The number of Topliss-reactive ketones (excluding diaryl/α,β-unsaturated/α-hetero) is 1. The van der Waals surface area contributed by atoms with Gasteiger partial charge in [-0.25, -0.2) is 0 Å². The summed E-state index contributed by atoms with van der Waals surface area (Å²) < 4.78 is 12.1. The molecule has 0 saturated heterocycles. The van der Waals surface area contributed by atoms with E-state index in [1.165, 1.54) is 0 Å². The molecule has 0 amide bonds. The lowest BCUT2D eigenvalue weighted by Crippen LogP contribution is -2.07. The van der Waals surface area contributed by atoms with E-state index in [-0.39, 0.29) is 18.6 Å². The van der Waals surface area contributed by atoms with Crippen LogP contribution in [0.3, 0.4) is 0 Å². The minimum Gasteiger partial charge on any atom is -0.299 e. The number of hydrogen-bond acceptors (Lipinski definition) is 4. The first-order valence-corrected chi connectivity index (χ1v) is 7.70. The number of alkyl halides is 1. The van der Waals surface area contributed by atoms with Gasteiger partial charge >= 0.3 is 0 Å². The number of aryl methyl sites for hydroxylation is 1. The van der Waals surface area contributed by atoms with Gasteiger partial charge in [-0.1, -0.05) is 0 Å². The normalized spacial score (nSPS) is 12.9. The molecule has 1 aliphatic rings. The van der Waals surface area contributed by atoms with Gasteiger partial charge in [-0.2, -0.15) is 0 Å². The van der Waals surface area contributed by atoms with Crippen LogP contribution < -0.4 is 0 Å². The van der Waals surface area contributed by atoms with Crippen molar-refractivity contribution in [2.45, 2.75) is 32.7 Å². The molecule has 0 fully saturated rings. The third-order valence-electron chi connectivity index (χ3n) is 3.85. The quantitative estimate of drug-likeness (QED) is 0.824. The van der Waals surface area contributed by atoms with Crippen molar-refractivity contribution < 1.29 is 9.18 Å². The Bertz CT molecular complexity index is 771. The van der Waals surface area contributed by atoms with Gasteiger partial charge in [0, 0.05) is 47.8 Å². The van der Waals surface area contributed by atoms with Crippen molar-refractivity contribution in [2.75, 3.05) is 6.67 Å². The van der Waals surface area contributed by atoms with E-state index in [1.54, 1.807) is 12.4 Å². The Labute approximate surface area is 134 Å². The van der Waals surface area contributed by atoms with Crippen molar-refractivity contribution in [3.05, 3.63) is 58.7 Å². The van der Waals surface area contributed by atoms with Gasteiger partial charge in [-0.05, 0) is 37.1 Å². The van der Waals surface area contributed by atoms with Gasteiger partial charge in [0.05, 0.1) is 18.9 Å². The second kappa shape index (κ2) is 6.77. The lowest BCUT2D eigenvalue weighted by molar-refractivity contribution is -0.118. The number of pyridine rings is 2. The van der Waals surface area contributed by atoms with E-state index in [1.807, 2.05) is 25.1 Å². The minimum atomic E-state index is -0.452. The molecule has 5 heteroatoms. The highest BCUT2D eigenvalue weighted by Gasteiger charge is 2.19. The van der Waals surface area contributed by atoms with Gasteiger partial charge in [0.25, 0.3) is 0 Å². The minimum absolute atomic E-state index is 0.0268. The maximum Gasteiger partial charge on any atom is 0.138 e. The molecule has 0 N–H and O–H groups in total. The topological polar surface area (TPSA) is 55.2 Å². The summed E-state index contributed by atoms with van der Waals surface area (Å²) in [5.74, 6) is 0.0268. The lowest BCUT2D eigenvalue weighted by atomic mass is 10.0. The molecule has 0 aromatic carbocycles. The highest BCUT2D eigenvalue weighted by Crippen LogP contribution is 2.23. The van der Waals surface area contributed by atoms with Gasteiger partial charge in [-0.15, -0.1) is 0 Å². The van der Waals surface area contributed by atoms with Gasteiger partial charge in [0.1, 0.15) is 5.78 Å². The fourth-order valence-corrected chi connectivity index (χ4v) is 2.73. The van der Waals surface area contributed by atoms with Crippen molar-refractivity contribution in [3.8, 4) is 0 Å². The first-order chi connectivity index (χ1) is 11.2. The summed E-state index contributed by atoms with van der Waals surface area (Å²) in [6, 6.07) is 5.88. The summed E-state index contributed by atoms with van der Waals surface area (Å²) in [6.07, 6.45) is 4.38. The molecule has 0 atom stereocenters. The number of carbonyl (C=O) groups excluding carboxylic acids is 1. The predicted octanol–water partition coefficient (Wildman–Crippen LogP) is 3.00. The Balaban J connectivity index is 1.78. The van der Waals surface area contributed by atoms with Crippen LogP contribution in [-0.2, 0) is 17.8 Å². The van der Waals surface area contributed by atoms with Gasteiger partial charge < -0.3 is 0 Å². The number of ketones is 1. The fraction of sp³-hybridized carbons (Fsp3) is 0.333. The largest absolute Gasteiger partial charge is 0.299 e. The van der Waals surface area contributed by atoms with Crippen molar-refractivity contribution in [3.63, 3.8) is 0 Å². The molecule has 0 aliphatic carbocycles. The molecule has 3 rings (SSSR count). The summed E-state index contributed by atoms with van der Waals surface area (Å²) in [7, 11) is 0. The zero-order valence-electron chi connectivity index (χ0n) is 13.1. The average Bonchev–Trinajstić information content (AvgIpc) is 2.96. The zero-order valence-corrected chi connectivity index (χ0v) is 13.1. The van der Waals surface area contributed by atoms with Crippen LogP contribution in [0.4, 0.5) is 4.39 Å². The molecule has 3 heterocycles. The second-order valence-corrected chi connectivity index (χ2v) is 5.69. The number of hydrogen-bond donors (Lipinski definition) is 0. The number of halogens is 1. The molecule has 0 spiro atoms. The maximum atomic E-state index is 12.1. The van der Waals surface area contributed by atoms with Crippen molar-refractivity contribution in [1.82, 2.24) is 9.97 Å². The number of rotatable bonds is 6. The molecular formula is C18H18FN3O. The smallest absolute Gasteiger partial charge is 0.138 e. The van der Waals surface area contributed by atoms with Crippen LogP contribution >= 0.6 is 0 Å². The first kappa shape index (κ1) is 15.5. The Morgan fingerprint density at radius 2 is 2.17 bits per heavy atom. The SMILES string of the molecule is Cc1cc(C2=NCc3cc(CC(=O)CCCF)ncc32)ccn1. The number of aromatic nitrogens is 2. The Morgan fingerprint density at radius 1 is 1.30 bits per heavy atom. The van der Waals surface area contributed by atoms with Crippen molar-refractivity contribution in [2.24, 2.45) is 4.99 Å². The molecule has 23 heavy (non-hydrogen) atoms. The highest BCUT2D eigenvalue weighted by atomic mass is 19.1. The van der Waals surface area contributed by atoms with Crippen molar-refractivity contribution >= 4 is 11.5 Å². The molecular weight excluding hydrogens is 293 g/mol. The number of nitrogens with zero attached hydrogens (tertiary/aromatic N) is 3. The Morgan fingerprint density at radius 3 is 2.96 bits per heavy atom. The molecule has 0 unspecified atom stereocenters. The van der Waals surface area contributed by atoms with Crippen LogP contribution in [0, 0.1) is 6.92 Å². The molecule has 0 bridgehead atoms. The van der Waals surface area contributed by atoms with Crippen LogP contribution in [0.2, 0.25) is 0 Å². The third-order valence-corrected chi connectivity index (χ3v) is 3.85. The molecule has 2 aromatic rings. The van der Waals surface area contributed by atoms with Crippen LogP contribution in [0.1, 0.15) is 40.9 Å². The van der Waals surface area contributed by atoms with E-state index in [2.05, 4.69) is 15.0 Å². The van der Waals surface area contributed by atoms with Gasteiger partial charge in [0.15, 0.2) is 0 Å². The molecule has 118 valence electrons. The van der Waals surface area contributed by atoms with Crippen LogP contribution in [-0.4, -0.2) is 28.1 Å². The van der Waals surface area contributed by atoms with E-state index in [0.717, 1.165) is 33.8 Å². The number of carbonyl (C=O) groups is 1. The summed E-state index contributed by atoms with van der Waals surface area (Å²) in [5.41, 5.74) is 5.73. The standard InChI is InChI=1S/C18H18FN3O/c1-12-7-13(4-6-20-12)18-17-11-21-15(8-14(17)10-22-18)9-16(23)3-2-5-19/h4,6-8,11H,2-3,5,9-10H2,1H3. The van der Waals surface area contributed by atoms with E-state index in [9.17, 15) is 9.18 Å². The second-order valence-electron chi connectivity index (χ2n) is 5.69. The van der Waals surface area contributed by atoms with Crippen LogP contribution in [0.25, 0.3) is 0 Å². The van der Waals surface area contributed by atoms with Crippen LogP contribution in [0.5, 0.6) is 0 Å². The zero-order chi connectivity index (χ0) is 16.2. The molecule has 0 radical (unpaired) electrons. The summed E-state index contributed by atoms with van der Waals surface area (Å²) >= 11 is 0. The predicted molar refractivity (Wildman–Crippen MR) is 86.5 cm³/mol. The monoisotopic (exact) mass is 311 g/mol. The molecule has 0 saturated carbocycles. The van der Waals surface area contributed by atoms with E-state index < -0.39 is 6.67 Å². The highest BCUT2D eigenvalue weighted by molar-refractivity contribution is 6.15. The molecule has 1 aliphatic heterocycles. The van der Waals surface area contributed by atoms with Crippen LogP contribution in [0.15, 0.2) is 35.6 Å². The Hall–Kier alpha value is -2.43. The van der Waals surface area contributed by atoms with Gasteiger partial charge in [0.2, 0.25) is 0 Å². The first-order valence-electron chi connectivity index (χ1n) is 7.70. The number of fused-ring (bicyclic) bond motifs is 1. The summed E-state index contributed by atoms with van der Waals surface area (Å²) in [4.78, 5) is 24.9. The Kier molecular flexibility index (Phi) is 4.55.